The first kappa shape index (κ1) is 43.5. The molecule has 4 rings (SSSR count). The van der Waals surface area contributed by atoms with Crippen molar-refractivity contribution in [2.75, 3.05) is 0 Å². The molecule has 240 valence electrons. The van der Waals surface area contributed by atoms with E-state index in [2.05, 4.69) is 57.3 Å². The van der Waals surface area contributed by atoms with Crippen LogP contribution in [0.1, 0.15) is 30.9 Å². The molecule has 0 radical (unpaired) electrons. The third-order valence-corrected chi connectivity index (χ3v) is 4.49. The second-order valence-electron chi connectivity index (χ2n) is 7.87. The van der Waals surface area contributed by atoms with Crippen molar-refractivity contribution in [3.63, 3.8) is 0 Å². The molecule has 4 aromatic rings. The van der Waals surface area contributed by atoms with E-state index in [1.165, 1.54) is 13.8 Å². The van der Waals surface area contributed by atoms with Gasteiger partial charge in [-0.05, 0) is 36.4 Å². The summed E-state index contributed by atoms with van der Waals surface area (Å²) in [6, 6.07) is 32.0. The maximum absolute atomic E-state index is 8.49. The Kier molecular flexibility index (Phi) is 23.9. The van der Waals surface area contributed by atoms with Crippen LogP contribution in [0.3, 0.4) is 0 Å². The minimum absolute atomic E-state index is 0. The Morgan fingerprint density at radius 3 is 1.31 bits per heavy atom. The topological polar surface area (TPSA) is 274 Å². The van der Waals surface area contributed by atoms with Crippen LogP contribution in [0, 0.1) is 43.1 Å². The minimum atomic E-state index is -4.94. The molecule has 0 atom stereocenters. The van der Waals surface area contributed by atoms with E-state index in [9.17, 15) is 0 Å². The van der Waals surface area contributed by atoms with E-state index in [0.29, 0.717) is 0 Å². The van der Waals surface area contributed by atoms with E-state index in [0.717, 1.165) is 48.0 Å². The molecule has 0 unspecified atom stereocenters. The fourth-order valence-electron chi connectivity index (χ4n) is 3.18. The van der Waals surface area contributed by atoms with Crippen LogP contribution in [0.15, 0.2) is 97.3 Å². The summed E-state index contributed by atoms with van der Waals surface area (Å²) >= 11 is 0. The Bertz CT molecular complexity index is 1310. The Labute approximate surface area is 275 Å². The van der Waals surface area contributed by atoms with Crippen LogP contribution in [0.5, 0.6) is 0 Å². The van der Waals surface area contributed by atoms with Crippen molar-refractivity contribution in [3.05, 3.63) is 114 Å². The summed E-state index contributed by atoms with van der Waals surface area (Å²) in [6.07, 6.45) is 3.67. The average Bonchev–Trinajstić information content (AvgIpc) is 2.94. The zero-order valence-electron chi connectivity index (χ0n) is 23.9. The molecule has 0 aliphatic heterocycles. The maximum atomic E-state index is 8.49. The number of hydrogen-bond donors (Lipinski definition) is 0. The van der Waals surface area contributed by atoms with E-state index >= 15 is 0 Å². The minimum Gasteiger partial charge on any atom is -0.286 e. The van der Waals surface area contributed by atoms with Gasteiger partial charge in [-0.25, -0.2) is 37.3 Å². The second kappa shape index (κ2) is 24.7. The number of benzene rings is 1. The molecular formula is C28H28Cl2FeN6O8. The molecule has 0 saturated heterocycles. The van der Waals surface area contributed by atoms with Crippen molar-refractivity contribution < 1.29 is 74.8 Å². The predicted molar refractivity (Wildman–Crippen MR) is 134 cm³/mol. The third-order valence-electron chi connectivity index (χ3n) is 4.49. The van der Waals surface area contributed by atoms with Gasteiger partial charge in [0.15, 0.2) is 0 Å². The molecule has 1 aromatic carbocycles. The van der Waals surface area contributed by atoms with Crippen LogP contribution in [0.4, 0.5) is 0 Å². The smallest absolute Gasteiger partial charge is 0.286 e. The number of pyridine rings is 3. The number of halogens is 2. The Balaban J connectivity index is 0. The predicted octanol–water partition coefficient (Wildman–Crippen LogP) is -3.71. The number of hydrogen-bond acceptors (Lipinski definition) is 14. The van der Waals surface area contributed by atoms with Crippen molar-refractivity contribution in [2.24, 2.45) is 0 Å². The van der Waals surface area contributed by atoms with Gasteiger partial charge in [-0.2, -0.15) is 10.5 Å². The molecule has 3 heterocycles. The van der Waals surface area contributed by atoms with Gasteiger partial charge in [0.1, 0.15) is 0 Å². The van der Waals surface area contributed by atoms with Gasteiger partial charge in [0, 0.05) is 51.4 Å². The van der Waals surface area contributed by atoms with Crippen molar-refractivity contribution in [1.82, 2.24) is 19.9 Å². The standard InChI is InChI=1S/C24H22N4.2C2H3N.2ClHO4.Fe/c1-2-9-20(10-3-1)24-14-8-13-23(27-24)19-28(17-21-11-4-6-15-25-21)18-22-12-5-7-16-26-22;2*1-2-3;2*2-1(3,4)5;/h1-16H,17-19H2;2*1H3;2*(H,2,3,4,5);/q;;;;;+2/p-2. The molecule has 14 nitrogen and oxygen atoms in total. The normalized spacial score (nSPS) is 9.80. The largest absolute Gasteiger partial charge is 2.00 e. The van der Waals surface area contributed by atoms with Gasteiger partial charge in [-0.3, -0.25) is 19.9 Å². The van der Waals surface area contributed by atoms with Gasteiger partial charge in [-0.1, -0.05) is 48.5 Å². The van der Waals surface area contributed by atoms with Gasteiger partial charge < -0.3 is 0 Å². The molecular weight excluding hydrogens is 675 g/mol. The molecule has 0 N–H and O–H groups in total. The molecule has 0 spiro atoms. The summed E-state index contributed by atoms with van der Waals surface area (Å²) in [6.45, 7) is 5.08. The van der Waals surface area contributed by atoms with E-state index in [1.807, 2.05) is 54.9 Å². The summed E-state index contributed by atoms with van der Waals surface area (Å²) in [4.78, 5) is 16.2. The number of aromatic nitrogens is 3. The zero-order chi connectivity index (χ0) is 33.4. The fraction of sp³-hybridized carbons (Fsp3) is 0.179. The van der Waals surface area contributed by atoms with Crippen molar-refractivity contribution in [2.45, 2.75) is 33.5 Å². The van der Waals surface area contributed by atoms with Gasteiger partial charge >= 0.3 is 17.1 Å². The van der Waals surface area contributed by atoms with Crippen LogP contribution in [-0.4, -0.2) is 19.9 Å². The van der Waals surface area contributed by atoms with E-state index in [-0.39, 0.29) is 17.1 Å². The SMILES string of the molecule is CC#N.CC#N.[Fe+2].[O-][Cl+3]([O-])([O-])[O-].[O-][Cl+3]([O-])([O-])[O-].c1ccc(-c2cccc(CN(Cc3ccccn3)Cc3ccccn3)n2)cc1. The molecule has 0 fully saturated rings. The quantitative estimate of drug-likeness (QED) is 0.168. The summed E-state index contributed by atoms with van der Waals surface area (Å²) in [5.74, 6) is 0. The maximum Gasteiger partial charge on any atom is 2.00 e. The summed E-state index contributed by atoms with van der Waals surface area (Å²) < 4.78 is 67.9. The zero-order valence-corrected chi connectivity index (χ0v) is 26.5. The summed E-state index contributed by atoms with van der Waals surface area (Å²) in [5.41, 5.74) is 5.24. The monoisotopic (exact) mass is 702 g/mol. The van der Waals surface area contributed by atoms with Crippen LogP contribution in [-0.2, 0) is 36.7 Å². The number of rotatable bonds is 7. The Hall–Kier alpha value is -3.61. The molecule has 0 saturated carbocycles. The number of nitriles is 2. The molecule has 0 aliphatic carbocycles. The first-order valence-electron chi connectivity index (χ1n) is 12.1. The van der Waals surface area contributed by atoms with Gasteiger partial charge in [0.05, 0.1) is 34.9 Å². The van der Waals surface area contributed by atoms with Gasteiger partial charge in [0.25, 0.3) is 0 Å². The van der Waals surface area contributed by atoms with Crippen molar-refractivity contribution in [3.8, 4) is 23.4 Å². The van der Waals surface area contributed by atoms with E-state index in [1.54, 1.807) is 12.1 Å². The first-order valence-corrected chi connectivity index (χ1v) is 14.6. The summed E-state index contributed by atoms with van der Waals surface area (Å²) in [5, 5.41) is 14.6. The van der Waals surface area contributed by atoms with Gasteiger partial charge in [0.2, 0.25) is 0 Å². The molecule has 0 aliphatic rings. The van der Waals surface area contributed by atoms with Crippen molar-refractivity contribution in [1.29, 1.82) is 10.5 Å². The Morgan fingerprint density at radius 1 is 0.578 bits per heavy atom. The van der Waals surface area contributed by atoms with Crippen LogP contribution < -0.4 is 37.3 Å². The average molecular weight is 703 g/mol. The molecule has 0 amide bonds. The first-order chi connectivity index (χ1) is 20.7. The fourth-order valence-corrected chi connectivity index (χ4v) is 3.18. The molecule has 3 aromatic heterocycles. The Morgan fingerprint density at radius 2 is 0.933 bits per heavy atom. The molecule has 45 heavy (non-hydrogen) atoms. The molecule has 17 heteroatoms. The second-order valence-corrected chi connectivity index (χ2v) is 9.38. The van der Waals surface area contributed by atoms with Crippen LogP contribution in [0.25, 0.3) is 11.3 Å². The molecule has 0 bridgehead atoms. The summed E-state index contributed by atoms with van der Waals surface area (Å²) in [7, 11) is -9.89. The van der Waals surface area contributed by atoms with E-state index in [4.69, 9.17) is 52.8 Å². The third kappa shape index (κ3) is 27.7. The van der Waals surface area contributed by atoms with E-state index < -0.39 is 20.5 Å². The van der Waals surface area contributed by atoms with Crippen molar-refractivity contribution >= 4 is 0 Å². The van der Waals surface area contributed by atoms with Gasteiger partial charge in [-0.15, -0.1) is 20.5 Å². The number of nitrogens with zero attached hydrogens (tertiary/aromatic N) is 6. The van der Waals surface area contributed by atoms with Crippen LogP contribution >= 0.6 is 0 Å². The van der Waals surface area contributed by atoms with Crippen LogP contribution in [0.2, 0.25) is 0 Å².